The fourth-order valence-corrected chi connectivity index (χ4v) is 5.20. The van der Waals surface area contributed by atoms with Crippen molar-refractivity contribution in [3.8, 4) is 0 Å². The number of morpholine rings is 1. The fourth-order valence-electron chi connectivity index (χ4n) is 4.02. The van der Waals surface area contributed by atoms with Crippen LogP contribution in [0.2, 0.25) is 0 Å². The minimum absolute atomic E-state index is 0.205. The molecule has 2 aliphatic heterocycles. The van der Waals surface area contributed by atoms with E-state index < -0.39 is 0 Å². The Bertz CT molecular complexity index is 751. The molecule has 0 spiro atoms. The Morgan fingerprint density at radius 2 is 1.96 bits per heavy atom. The molecule has 2 fully saturated rings. The molecular formula is C19H24N2O2S. The van der Waals surface area contributed by atoms with Gasteiger partial charge in [-0.25, -0.2) is 0 Å². The third-order valence-electron chi connectivity index (χ3n) is 5.41. The molecule has 3 heterocycles. The number of carbonyl (C=O) groups excluding carboxylic acids is 1. The highest BCUT2D eigenvalue weighted by atomic mass is 32.1. The normalized spacial score (nSPS) is 25.5. The first-order valence-electron chi connectivity index (χ1n) is 8.74. The summed E-state index contributed by atoms with van der Waals surface area (Å²) in [5.74, 6) is 0.720. The highest BCUT2D eigenvalue weighted by Crippen LogP contribution is 2.33. The van der Waals surface area contributed by atoms with E-state index in [1.807, 2.05) is 12.1 Å². The summed E-state index contributed by atoms with van der Waals surface area (Å²) in [5, 5.41) is 1.21. The van der Waals surface area contributed by atoms with E-state index in [2.05, 4.69) is 35.8 Å². The fraction of sp³-hybridized carbons (Fsp3) is 0.526. The first kappa shape index (κ1) is 16.1. The topological polar surface area (TPSA) is 32.8 Å². The Labute approximate surface area is 147 Å². The average Bonchev–Trinajstić information content (AvgIpc) is 3.16. The Morgan fingerprint density at radius 3 is 2.71 bits per heavy atom. The molecule has 5 heteroatoms. The number of fused-ring (bicyclic) bond motifs is 1. The van der Waals surface area contributed by atoms with E-state index in [-0.39, 0.29) is 5.91 Å². The Balaban J connectivity index is 1.55. The van der Waals surface area contributed by atoms with E-state index in [0.717, 1.165) is 49.8 Å². The van der Waals surface area contributed by atoms with Crippen molar-refractivity contribution in [3.63, 3.8) is 0 Å². The van der Waals surface area contributed by atoms with E-state index in [4.69, 9.17) is 4.74 Å². The summed E-state index contributed by atoms with van der Waals surface area (Å²) in [6.07, 6.45) is 0. The first-order valence-corrected chi connectivity index (χ1v) is 9.56. The van der Waals surface area contributed by atoms with Crippen molar-refractivity contribution < 1.29 is 9.53 Å². The van der Waals surface area contributed by atoms with Gasteiger partial charge >= 0.3 is 0 Å². The largest absolute Gasteiger partial charge is 0.379 e. The summed E-state index contributed by atoms with van der Waals surface area (Å²) in [5.41, 5.74) is 1.13. The van der Waals surface area contributed by atoms with Gasteiger partial charge in [0, 0.05) is 36.9 Å². The molecule has 1 amide bonds. The predicted molar refractivity (Wildman–Crippen MR) is 97.8 cm³/mol. The average molecular weight is 344 g/mol. The van der Waals surface area contributed by atoms with Gasteiger partial charge in [0.1, 0.15) is 0 Å². The molecule has 0 unspecified atom stereocenters. The van der Waals surface area contributed by atoms with Gasteiger partial charge in [0.2, 0.25) is 0 Å². The van der Waals surface area contributed by atoms with Gasteiger partial charge in [-0.05, 0) is 29.9 Å². The minimum atomic E-state index is 0.205. The standard InChI is InChI=1S/C19H24N2O2S/c1-13-11-21(12-16(13)20-7-9-23-10-8-20)19(22)18-14(2)15-5-3-4-6-17(15)24-18/h3-6,13,16H,7-12H2,1-2H3/t13-,16-/m0/s1. The predicted octanol–water partition coefficient (Wildman–Crippen LogP) is 3.00. The van der Waals surface area contributed by atoms with Crippen LogP contribution in [0.1, 0.15) is 22.2 Å². The quantitative estimate of drug-likeness (QED) is 0.840. The van der Waals surface area contributed by atoms with E-state index in [1.54, 1.807) is 11.3 Å². The van der Waals surface area contributed by atoms with Gasteiger partial charge in [0.15, 0.2) is 0 Å². The number of amides is 1. The molecule has 2 saturated heterocycles. The smallest absolute Gasteiger partial charge is 0.264 e. The molecule has 1 aromatic heterocycles. The highest BCUT2D eigenvalue weighted by Gasteiger charge is 2.37. The molecule has 2 atom stereocenters. The molecule has 128 valence electrons. The van der Waals surface area contributed by atoms with E-state index in [0.29, 0.717) is 12.0 Å². The molecule has 0 bridgehead atoms. The second kappa shape index (κ2) is 6.47. The SMILES string of the molecule is Cc1c(C(=O)N2C[C@H](C)[C@@H](N3CCOCC3)C2)sc2ccccc12. The van der Waals surface area contributed by atoms with Crippen LogP contribution in [0, 0.1) is 12.8 Å². The van der Waals surface area contributed by atoms with Crippen molar-refractivity contribution in [1.29, 1.82) is 0 Å². The lowest BCUT2D eigenvalue weighted by Gasteiger charge is -2.33. The molecule has 0 N–H and O–H groups in total. The number of carbonyl (C=O) groups is 1. The van der Waals surface area contributed by atoms with Gasteiger partial charge in [0.05, 0.1) is 18.1 Å². The van der Waals surface area contributed by atoms with Gasteiger partial charge < -0.3 is 9.64 Å². The third kappa shape index (κ3) is 2.75. The molecule has 1 aromatic carbocycles. The van der Waals surface area contributed by atoms with Crippen LogP contribution >= 0.6 is 11.3 Å². The number of hydrogen-bond donors (Lipinski definition) is 0. The molecular weight excluding hydrogens is 320 g/mol. The lowest BCUT2D eigenvalue weighted by molar-refractivity contribution is 0.0119. The van der Waals surface area contributed by atoms with E-state index in [1.165, 1.54) is 10.1 Å². The Hall–Kier alpha value is -1.43. The maximum Gasteiger partial charge on any atom is 0.264 e. The summed E-state index contributed by atoms with van der Waals surface area (Å²) in [4.78, 5) is 18.6. The van der Waals surface area contributed by atoms with Crippen molar-refractivity contribution in [3.05, 3.63) is 34.7 Å². The van der Waals surface area contributed by atoms with Crippen molar-refractivity contribution in [2.75, 3.05) is 39.4 Å². The number of thiophene rings is 1. The number of ether oxygens (including phenoxy) is 1. The molecule has 4 rings (SSSR count). The van der Waals surface area contributed by atoms with Gasteiger partial charge in [0.25, 0.3) is 5.91 Å². The van der Waals surface area contributed by atoms with Gasteiger partial charge in [-0.15, -0.1) is 11.3 Å². The zero-order valence-electron chi connectivity index (χ0n) is 14.3. The van der Waals surface area contributed by atoms with Crippen LogP contribution in [-0.2, 0) is 4.74 Å². The maximum atomic E-state index is 13.1. The lowest BCUT2D eigenvalue weighted by Crippen LogP contribution is -2.47. The molecule has 0 saturated carbocycles. The zero-order valence-corrected chi connectivity index (χ0v) is 15.1. The number of nitrogens with zero attached hydrogens (tertiary/aromatic N) is 2. The summed E-state index contributed by atoms with van der Waals surface area (Å²) in [7, 11) is 0. The van der Waals surface area contributed by atoms with E-state index in [9.17, 15) is 4.79 Å². The second-order valence-electron chi connectivity index (χ2n) is 6.96. The van der Waals surface area contributed by atoms with Crippen LogP contribution in [0.4, 0.5) is 0 Å². The van der Waals surface area contributed by atoms with Crippen LogP contribution < -0.4 is 0 Å². The van der Waals surface area contributed by atoms with Crippen LogP contribution in [-0.4, -0.2) is 61.1 Å². The lowest BCUT2D eigenvalue weighted by atomic mass is 10.0. The van der Waals surface area contributed by atoms with Crippen molar-refractivity contribution >= 4 is 27.3 Å². The van der Waals surface area contributed by atoms with Crippen molar-refractivity contribution in [1.82, 2.24) is 9.80 Å². The Morgan fingerprint density at radius 1 is 1.21 bits per heavy atom. The third-order valence-corrected chi connectivity index (χ3v) is 6.67. The van der Waals surface area contributed by atoms with Crippen LogP contribution in [0.15, 0.2) is 24.3 Å². The number of benzene rings is 1. The number of likely N-dealkylation sites (tertiary alicyclic amines) is 1. The van der Waals surface area contributed by atoms with Gasteiger partial charge in [-0.3, -0.25) is 9.69 Å². The maximum absolute atomic E-state index is 13.1. The zero-order chi connectivity index (χ0) is 16.7. The minimum Gasteiger partial charge on any atom is -0.379 e. The van der Waals surface area contributed by atoms with Crippen LogP contribution in [0.3, 0.4) is 0 Å². The van der Waals surface area contributed by atoms with Crippen molar-refractivity contribution in [2.45, 2.75) is 19.9 Å². The van der Waals surface area contributed by atoms with Crippen molar-refractivity contribution in [2.24, 2.45) is 5.92 Å². The molecule has 2 aromatic rings. The van der Waals surface area contributed by atoms with Crippen LogP contribution in [0.25, 0.3) is 10.1 Å². The molecule has 4 nitrogen and oxygen atoms in total. The molecule has 2 aliphatic rings. The van der Waals surface area contributed by atoms with Gasteiger partial charge in [-0.2, -0.15) is 0 Å². The summed E-state index contributed by atoms with van der Waals surface area (Å²) < 4.78 is 6.67. The number of rotatable bonds is 2. The Kier molecular flexibility index (Phi) is 4.33. The van der Waals surface area contributed by atoms with Gasteiger partial charge in [-0.1, -0.05) is 25.1 Å². The highest BCUT2D eigenvalue weighted by molar-refractivity contribution is 7.21. The summed E-state index contributed by atoms with van der Waals surface area (Å²) in [6.45, 7) is 9.63. The summed E-state index contributed by atoms with van der Waals surface area (Å²) >= 11 is 1.63. The molecule has 0 aliphatic carbocycles. The number of aryl methyl sites for hydroxylation is 1. The van der Waals surface area contributed by atoms with E-state index >= 15 is 0 Å². The summed E-state index contributed by atoms with van der Waals surface area (Å²) in [6, 6.07) is 8.77. The monoisotopic (exact) mass is 344 g/mol. The number of hydrogen-bond acceptors (Lipinski definition) is 4. The second-order valence-corrected chi connectivity index (χ2v) is 8.01. The first-order chi connectivity index (χ1) is 11.6. The molecule has 24 heavy (non-hydrogen) atoms. The van der Waals surface area contributed by atoms with Crippen LogP contribution in [0.5, 0.6) is 0 Å². The molecule has 0 radical (unpaired) electrons.